The zero-order valence-electron chi connectivity index (χ0n) is 21.9. The Kier molecular flexibility index (Phi) is 6.03. The molecule has 1 N–H and O–H groups in total. The predicted octanol–water partition coefficient (Wildman–Crippen LogP) is 6.89. The summed E-state index contributed by atoms with van der Waals surface area (Å²) in [6.45, 7) is 16.1. The fourth-order valence-corrected chi connectivity index (χ4v) is 9.74. The molecule has 0 saturated heterocycles. The van der Waals surface area contributed by atoms with Gasteiger partial charge in [-0.05, 0) is 102 Å². The highest BCUT2D eigenvalue weighted by molar-refractivity contribution is 5.09. The molecule has 3 fully saturated rings. The summed E-state index contributed by atoms with van der Waals surface area (Å²) in [7, 11) is 0. The van der Waals surface area contributed by atoms with Gasteiger partial charge in [-0.2, -0.15) is 9.78 Å². The van der Waals surface area contributed by atoms with Gasteiger partial charge in [-0.15, -0.1) is 0 Å². The summed E-state index contributed by atoms with van der Waals surface area (Å²) in [5, 5.41) is 3.53. The topological polar surface area (TPSA) is 32.6 Å². The van der Waals surface area contributed by atoms with Crippen LogP contribution in [-0.2, 0) is 13.0 Å². The third-order valence-electron chi connectivity index (χ3n) is 11.5. The Labute approximate surface area is 197 Å². The molecule has 0 bridgehead atoms. The summed E-state index contributed by atoms with van der Waals surface area (Å²) in [5.74, 6) is 8.92. The summed E-state index contributed by atoms with van der Waals surface area (Å²) >= 11 is 0. The highest BCUT2D eigenvalue weighted by Crippen LogP contribution is 2.67. The summed E-state index contributed by atoms with van der Waals surface area (Å²) in [6, 6.07) is 0. The molecule has 3 aliphatic carbocycles. The van der Waals surface area contributed by atoms with Gasteiger partial charge >= 0.3 is 5.82 Å². The first kappa shape index (κ1) is 22.9. The lowest BCUT2D eigenvalue weighted by molar-refractivity contribution is -0.757. The largest absolute Gasteiger partial charge is 0.319 e. The SMILES string of the molecule is Cc1nc2[n+]([nH]1)CC[C@@]1(C)[C@@H](CC[C@@H]3[C@@H]1CC[C@]1(C)[C@@H]([C@H](C)CCCC(C)C)CC[C@@H]31)C2. The molecule has 0 amide bonds. The zero-order valence-corrected chi connectivity index (χ0v) is 21.9. The minimum Gasteiger partial charge on any atom is -0.191 e. The van der Waals surface area contributed by atoms with Crippen molar-refractivity contribution >= 4 is 0 Å². The van der Waals surface area contributed by atoms with Crippen LogP contribution < -0.4 is 4.68 Å². The van der Waals surface area contributed by atoms with Crippen LogP contribution in [0.15, 0.2) is 0 Å². The number of aromatic nitrogens is 3. The highest BCUT2D eigenvalue weighted by Gasteiger charge is 2.60. The number of hydrogen-bond donors (Lipinski definition) is 1. The Bertz CT molecular complexity index is 811. The minimum atomic E-state index is 0.508. The maximum absolute atomic E-state index is 4.87. The Hall–Kier alpha value is -0.860. The van der Waals surface area contributed by atoms with Crippen LogP contribution in [0, 0.1) is 59.2 Å². The number of aromatic amines is 1. The van der Waals surface area contributed by atoms with E-state index in [9.17, 15) is 0 Å². The molecule has 1 aromatic rings. The number of hydrogen-bond acceptors (Lipinski definition) is 1. The summed E-state index contributed by atoms with van der Waals surface area (Å²) in [6.07, 6.45) is 15.8. The maximum atomic E-state index is 4.87. The Morgan fingerprint density at radius 2 is 1.75 bits per heavy atom. The van der Waals surface area contributed by atoms with Crippen molar-refractivity contribution in [3.8, 4) is 0 Å². The fraction of sp³-hybridized carbons (Fsp3) is 0.931. The molecule has 5 rings (SSSR count). The van der Waals surface area contributed by atoms with Crippen molar-refractivity contribution in [2.75, 3.05) is 0 Å². The first-order chi connectivity index (χ1) is 15.2. The number of H-pyrrole nitrogens is 1. The third-order valence-corrected chi connectivity index (χ3v) is 11.5. The van der Waals surface area contributed by atoms with Crippen LogP contribution in [0.25, 0.3) is 0 Å². The van der Waals surface area contributed by atoms with Gasteiger partial charge in [0, 0.05) is 6.92 Å². The van der Waals surface area contributed by atoms with Crippen LogP contribution in [0.4, 0.5) is 0 Å². The lowest BCUT2D eigenvalue weighted by Crippen LogP contribution is -2.52. The van der Waals surface area contributed by atoms with E-state index in [1.807, 2.05) is 0 Å². The van der Waals surface area contributed by atoms with E-state index >= 15 is 0 Å². The molecule has 1 aliphatic heterocycles. The van der Waals surface area contributed by atoms with Crippen LogP contribution in [0.5, 0.6) is 0 Å². The maximum Gasteiger partial charge on any atom is 0.319 e. The van der Waals surface area contributed by atoms with Gasteiger partial charge < -0.3 is 0 Å². The molecule has 0 aromatic carbocycles. The zero-order chi connectivity index (χ0) is 22.7. The second-order valence-corrected chi connectivity index (χ2v) is 13.5. The van der Waals surface area contributed by atoms with Crippen LogP contribution in [0.2, 0.25) is 0 Å². The first-order valence-electron chi connectivity index (χ1n) is 14.2. The van der Waals surface area contributed by atoms with Gasteiger partial charge in [0.1, 0.15) is 6.54 Å². The second-order valence-electron chi connectivity index (χ2n) is 13.5. The van der Waals surface area contributed by atoms with Gasteiger partial charge in [0.05, 0.1) is 6.42 Å². The van der Waals surface area contributed by atoms with Crippen molar-refractivity contribution < 1.29 is 4.68 Å². The minimum absolute atomic E-state index is 0.508. The van der Waals surface area contributed by atoms with Gasteiger partial charge in [-0.25, -0.2) is 0 Å². The first-order valence-corrected chi connectivity index (χ1v) is 14.2. The average molecular weight is 441 g/mol. The highest BCUT2D eigenvalue weighted by atomic mass is 15.3. The number of nitrogens with one attached hydrogen (secondary N) is 1. The third kappa shape index (κ3) is 3.68. The van der Waals surface area contributed by atoms with Crippen LogP contribution >= 0.6 is 0 Å². The Balaban J connectivity index is 1.31. The van der Waals surface area contributed by atoms with E-state index in [0.29, 0.717) is 10.8 Å². The molecule has 32 heavy (non-hydrogen) atoms. The monoisotopic (exact) mass is 440 g/mol. The van der Waals surface area contributed by atoms with E-state index in [1.165, 1.54) is 76.5 Å². The summed E-state index contributed by atoms with van der Waals surface area (Å²) < 4.78 is 2.38. The van der Waals surface area contributed by atoms with Gasteiger partial charge in [-0.3, -0.25) is 0 Å². The van der Waals surface area contributed by atoms with E-state index in [1.54, 1.807) is 0 Å². The van der Waals surface area contributed by atoms with Crippen molar-refractivity contribution in [2.24, 2.45) is 52.3 Å². The average Bonchev–Trinajstić information content (AvgIpc) is 3.23. The molecule has 2 heterocycles. The second kappa shape index (κ2) is 8.42. The van der Waals surface area contributed by atoms with Crippen LogP contribution in [0.1, 0.15) is 110 Å². The van der Waals surface area contributed by atoms with Gasteiger partial charge in [0.15, 0.2) is 0 Å². The Morgan fingerprint density at radius 1 is 0.969 bits per heavy atom. The number of nitrogens with zero attached hydrogens (tertiary/aromatic N) is 2. The summed E-state index contributed by atoms with van der Waals surface area (Å²) in [5.41, 5.74) is 1.12. The molecule has 0 unspecified atom stereocenters. The van der Waals surface area contributed by atoms with Crippen LogP contribution in [0.3, 0.4) is 0 Å². The fourth-order valence-electron chi connectivity index (χ4n) is 9.74. The lowest BCUT2D eigenvalue weighted by atomic mass is 9.46. The number of fused-ring (bicyclic) bond motifs is 6. The van der Waals surface area contributed by atoms with E-state index in [2.05, 4.69) is 51.3 Å². The normalized spacial score (nSPS) is 42.0. The van der Waals surface area contributed by atoms with Crippen molar-refractivity contribution in [3.63, 3.8) is 0 Å². The van der Waals surface area contributed by atoms with Gasteiger partial charge in [0.2, 0.25) is 5.82 Å². The number of rotatable bonds is 5. The standard InChI is InChI=1S/C29H49N3/c1-19(2)8-7-9-20(3)24-12-13-25-23-11-10-22-18-27-30-21(4)31-32(27)17-16-28(22,5)26(23)14-15-29(24,25)6/h19-20,22-26H,7-18H2,1-6H3/p+1/t20-,22+,23+,24-,25+,26+,28+,29-/m1/s1. The molecule has 180 valence electrons. The quantitative estimate of drug-likeness (QED) is 0.497. The number of aryl methyl sites for hydroxylation is 2. The van der Waals surface area contributed by atoms with E-state index < -0.39 is 0 Å². The lowest BCUT2D eigenvalue weighted by Gasteiger charge is -2.59. The molecule has 3 heteroatoms. The van der Waals surface area contributed by atoms with Crippen molar-refractivity contribution in [2.45, 2.75) is 119 Å². The molecule has 3 nitrogen and oxygen atoms in total. The van der Waals surface area contributed by atoms with Crippen LogP contribution in [-0.4, -0.2) is 10.1 Å². The van der Waals surface area contributed by atoms with E-state index in [4.69, 9.17) is 4.98 Å². The van der Waals surface area contributed by atoms with Crippen molar-refractivity contribution in [1.29, 1.82) is 0 Å². The van der Waals surface area contributed by atoms with Gasteiger partial charge in [0.25, 0.3) is 0 Å². The molecule has 1 aromatic heterocycles. The molecule has 0 radical (unpaired) electrons. The molecular formula is C29H50N3+. The van der Waals surface area contributed by atoms with E-state index in [0.717, 1.165) is 53.8 Å². The molecule has 8 atom stereocenters. The summed E-state index contributed by atoms with van der Waals surface area (Å²) in [4.78, 5) is 4.87. The van der Waals surface area contributed by atoms with Gasteiger partial charge in [-0.1, -0.05) is 53.9 Å². The molecular weight excluding hydrogens is 390 g/mol. The molecule has 4 aliphatic rings. The van der Waals surface area contributed by atoms with E-state index in [-0.39, 0.29) is 0 Å². The molecule has 3 saturated carbocycles. The predicted molar refractivity (Wildman–Crippen MR) is 131 cm³/mol. The molecule has 0 spiro atoms. The smallest absolute Gasteiger partial charge is 0.191 e. The van der Waals surface area contributed by atoms with Crippen molar-refractivity contribution in [3.05, 3.63) is 11.6 Å². The van der Waals surface area contributed by atoms with Crippen molar-refractivity contribution in [1.82, 2.24) is 10.1 Å². The Morgan fingerprint density at radius 3 is 2.53 bits per heavy atom.